The van der Waals surface area contributed by atoms with Crippen molar-refractivity contribution in [2.45, 2.75) is 62.8 Å². The number of rotatable bonds is 4. The van der Waals surface area contributed by atoms with E-state index in [4.69, 9.17) is 4.74 Å². The highest BCUT2D eigenvalue weighted by molar-refractivity contribution is 5.82. The molecular formula is C16H22FN5O3. The third kappa shape index (κ3) is 2.33. The zero-order valence-corrected chi connectivity index (χ0v) is 14.2. The Morgan fingerprint density at radius 3 is 2.72 bits per heavy atom. The van der Waals surface area contributed by atoms with Crippen LogP contribution in [0.25, 0.3) is 11.2 Å². The van der Waals surface area contributed by atoms with Crippen molar-refractivity contribution in [3.63, 3.8) is 0 Å². The largest absolute Gasteiger partial charge is 0.394 e. The van der Waals surface area contributed by atoms with Crippen LogP contribution in [0.2, 0.25) is 0 Å². The van der Waals surface area contributed by atoms with E-state index in [-0.39, 0.29) is 0 Å². The average Bonchev–Trinajstić information content (AvgIpc) is 3.02. The number of halogens is 1. The number of anilines is 1. The highest BCUT2D eigenvalue weighted by Gasteiger charge is 2.63. The molecule has 4 rings (SSSR count). The number of aliphatic hydroxyl groups excluding tert-OH is 1. The van der Waals surface area contributed by atoms with Crippen molar-refractivity contribution < 1.29 is 19.3 Å². The molecule has 1 aliphatic heterocycles. The minimum absolute atomic E-state index is 0.372. The first-order valence-corrected chi connectivity index (χ1v) is 8.48. The van der Waals surface area contributed by atoms with Gasteiger partial charge in [-0.2, -0.15) is 0 Å². The number of fused-ring (bicyclic) bond motifs is 1. The lowest BCUT2D eigenvalue weighted by molar-refractivity contribution is -0.0891. The zero-order chi connectivity index (χ0) is 17.8. The number of nitrogens with one attached hydrogen (secondary N) is 1. The lowest BCUT2D eigenvalue weighted by Gasteiger charge is -2.32. The second kappa shape index (κ2) is 5.58. The summed E-state index contributed by atoms with van der Waals surface area (Å²) in [4.78, 5) is 12.8. The number of hydrogen-bond donors (Lipinski definition) is 3. The standard InChI is InChI=1S/C16H22FN5O3/c1-15(17)14(25-10(6-23)16(15,2)24)22-8-20-11-12(18-7-19-13(11)22)21-9-4-3-5-9/h7-10,14,23-24H,3-6H2,1-2H3,(H,18,19,21)/t10-,14+,15+,16-/m1/s1. The number of aliphatic hydroxyl groups is 2. The van der Waals surface area contributed by atoms with Gasteiger partial charge in [-0.25, -0.2) is 19.3 Å². The van der Waals surface area contributed by atoms with Crippen molar-refractivity contribution in [2.75, 3.05) is 11.9 Å². The Morgan fingerprint density at radius 2 is 2.12 bits per heavy atom. The van der Waals surface area contributed by atoms with Crippen LogP contribution in [0, 0.1) is 0 Å². The predicted octanol–water partition coefficient (Wildman–Crippen LogP) is 1.16. The van der Waals surface area contributed by atoms with Crippen molar-refractivity contribution in [3.8, 4) is 0 Å². The lowest BCUT2D eigenvalue weighted by atomic mass is 9.85. The second-order valence-corrected chi connectivity index (χ2v) is 7.20. The molecule has 1 saturated heterocycles. The van der Waals surface area contributed by atoms with Crippen LogP contribution in [0.15, 0.2) is 12.7 Å². The van der Waals surface area contributed by atoms with Crippen molar-refractivity contribution in [1.29, 1.82) is 0 Å². The summed E-state index contributed by atoms with van der Waals surface area (Å²) in [6.07, 6.45) is 3.99. The van der Waals surface area contributed by atoms with Gasteiger partial charge in [0.1, 0.15) is 18.0 Å². The van der Waals surface area contributed by atoms with Gasteiger partial charge in [-0.1, -0.05) is 0 Å². The minimum Gasteiger partial charge on any atom is -0.394 e. The van der Waals surface area contributed by atoms with Crippen LogP contribution in [-0.2, 0) is 4.74 Å². The second-order valence-electron chi connectivity index (χ2n) is 7.20. The van der Waals surface area contributed by atoms with Gasteiger partial charge in [0.25, 0.3) is 0 Å². The predicted molar refractivity (Wildman–Crippen MR) is 87.7 cm³/mol. The van der Waals surface area contributed by atoms with E-state index >= 15 is 4.39 Å². The summed E-state index contributed by atoms with van der Waals surface area (Å²) in [7, 11) is 0. The molecule has 0 spiro atoms. The monoisotopic (exact) mass is 351 g/mol. The molecule has 3 heterocycles. The third-order valence-corrected chi connectivity index (χ3v) is 5.60. The summed E-state index contributed by atoms with van der Waals surface area (Å²) >= 11 is 0. The first-order valence-electron chi connectivity index (χ1n) is 8.48. The molecule has 136 valence electrons. The van der Waals surface area contributed by atoms with E-state index in [0.29, 0.717) is 23.0 Å². The molecule has 0 radical (unpaired) electrons. The van der Waals surface area contributed by atoms with Gasteiger partial charge in [0.2, 0.25) is 0 Å². The molecule has 25 heavy (non-hydrogen) atoms. The molecule has 2 aromatic rings. The van der Waals surface area contributed by atoms with Crippen LogP contribution in [0.5, 0.6) is 0 Å². The van der Waals surface area contributed by atoms with E-state index in [1.54, 1.807) is 0 Å². The fourth-order valence-electron chi connectivity index (χ4n) is 3.40. The molecule has 2 fully saturated rings. The van der Waals surface area contributed by atoms with Gasteiger partial charge in [-0.3, -0.25) is 4.57 Å². The quantitative estimate of drug-likeness (QED) is 0.759. The van der Waals surface area contributed by atoms with Crippen LogP contribution in [0.4, 0.5) is 10.2 Å². The number of alkyl halides is 1. The Hall–Kier alpha value is -1.84. The van der Waals surface area contributed by atoms with Crippen molar-refractivity contribution >= 4 is 17.0 Å². The van der Waals surface area contributed by atoms with Gasteiger partial charge in [-0.05, 0) is 33.1 Å². The molecule has 2 aliphatic rings. The molecule has 1 saturated carbocycles. The summed E-state index contributed by atoms with van der Waals surface area (Å²) < 4.78 is 22.4. The first kappa shape index (κ1) is 16.6. The fourth-order valence-corrected chi connectivity index (χ4v) is 3.40. The number of imidazole rings is 1. The van der Waals surface area contributed by atoms with Crippen LogP contribution in [0.3, 0.4) is 0 Å². The number of aromatic nitrogens is 4. The third-order valence-electron chi connectivity index (χ3n) is 5.60. The van der Waals surface area contributed by atoms with E-state index in [1.165, 1.54) is 37.5 Å². The summed E-state index contributed by atoms with van der Waals surface area (Å²) in [6.45, 7) is 2.10. The average molecular weight is 351 g/mol. The normalized spacial score (nSPS) is 35.9. The lowest BCUT2D eigenvalue weighted by Crippen LogP contribution is -2.51. The molecule has 9 heteroatoms. The van der Waals surface area contributed by atoms with Gasteiger partial charge in [-0.15, -0.1) is 0 Å². The van der Waals surface area contributed by atoms with E-state index in [2.05, 4.69) is 20.3 Å². The van der Waals surface area contributed by atoms with Crippen molar-refractivity contribution in [3.05, 3.63) is 12.7 Å². The first-order chi connectivity index (χ1) is 11.9. The molecule has 0 amide bonds. The van der Waals surface area contributed by atoms with Crippen molar-refractivity contribution in [1.82, 2.24) is 19.5 Å². The molecule has 0 unspecified atom stereocenters. The van der Waals surface area contributed by atoms with Gasteiger partial charge in [0.15, 0.2) is 28.9 Å². The summed E-state index contributed by atoms with van der Waals surface area (Å²) in [5.41, 5.74) is -3.04. The Bertz CT molecular complexity index is 789. The number of ether oxygens (including phenoxy) is 1. The van der Waals surface area contributed by atoms with E-state index < -0.39 is 30.2 Å². The Balaban J connectivity index is 1.73. The summed E-state index contributed by atoms with van der Waals surface area (Å²) in [5, 5.41) is 23.3. The topological polar surface area (TPSA) is 105 Å². The summed E-state index contributed by atoms with van der Waals surface area (Å²) in [6, 6.07) is 0.372. The van der Waals surface area contributed by atoms with Crippen LogP contribution in [0.1, 0.15) is 39.3 Å². The SMILES string of the molecule is C[C@]1(F)[C@@H](n2cnc3c(NC4CCC4)ncnc32)O[C@H](CO)[C@@]1(C)O. The molecule has 4 atom stereocenters. The highest BCUT2D eigenvalue weighted by Crippen LogP contribution is 2.48. The molecule has 3 N–H and O–H groups in total. The number of hydrogen-bond acceptors (Lipinski definition) is 7. The molecule has 0 aromatic carbocycles. The Labute approximate surface area is 144 Å². The van der Waals surface area contributed by atoms with E-state index in [1.807, 2.05) is 0 Å². The number of nitrogens with zero attached hydrogens (tertiary/aromatic N) is 4. The molecule has 0 bridgehead atoms. The zero-order valence-electron chi connectivity index (χ0n) is 14.2. The van der Waals surface area contributed by atoms with Gasteiger partial charge >= 0.3 is 0 Å². The maximum absolute atomic E-state index is 15.4. The Morgan fingerprint density at radius 1 is 1.36 bits per heavy atom. The maximum Gasteiger partial charge on any atom is 0.183 e. The maximum atomic E-state index is 15.4. The molecular weight excluding hydrogens is 329 g/mol. The Kier molecular flexibility index (Phi) is 3.71. The molecule has 1 aliphatic carbocycles. The smallest absolute Gasteiger partial charge is 0.183 e. The fraction of sp³-hybridized carbons (Fsp3) is 0.688. The van der Waals surface area contributed by atoms with Crippen LogP contribution < -0.4 is 5.32 Å². The molecule has 2 aromatic heterocycles. The minimum atomic E-state index is -2.14. The van der Waals surface area contributed by atoms with Gasteiger partial charge < -0.3 is 20.3 Å². The van der Waals surface area contributed by atoms with E-state index in [0.717, 1.165) is 12.8 Å². The summed E-state index contributed by atoms with van der Waals surface area (Å²) in [5.74, 6) is 0.609. The highest BCUT2D eigenvalue weighted by atomic mass is 19.1. The van der Waals surface area contributed by atoms with Crippen molar-refractivity contribution in [2.24, 2.45) is 0 Å². The van der Waals surface area contributed by atoms with Crippen LogP contribution >= 0.6 is 0 Å². The van der Waals surface area contributed by atoms with Gasteiger partial charge in [0, 0.05) is 6.04 Å². The molecule has 8 nitrogen and oxygen atoms in total. The van der Waals surface area contributed by atoms with Crippen LogP contribution in [-0.4, -0.2) is 59.8 Å². The van der Waals surface area contributed by atoms with E-state index in [9.17, 15) is 10.2 Å². The van der Waals surface area contributed by atoms with Gasteiger partial charge in [0.05, 0.1) is 12.9 Å².